The summed E-state index contributed by atoms with van der Waals surface area (Å²) in [4.78, 5) is 26.1. The van der Waals surface area contributed by atoms with Crippen molar-refractivity contribution in [2.24, 2.45) is 0 Å². The van der Waals surface area contributed by atoms with Crippen LogP contribution in [0.15, 0.2) is 60.9 Å². The molecule has 2 heterocycles. The number of halogens is 1. The molecule has 0 spiro atoms. The number of nitrogens with one attached hydrogen (secondary N) is 1. The molecule has 1 saturated heterocycles. The number of nitrogens with zero attached hydrogens (tertiary/aromatic N) is 4. The van der Waals surface area contributed by atoms with Gasteiger partial charge in [0.25, 0.3) is 5.91 Å². The van der Waals surface area contributed by atoms with Gasteiger partial charge in [0.1, 0.15) is 5.69 Å². The van der Waals surface area contributed by atoms with Gasteiger partial charge in [0.2, 0.25) is 0 Å². The average Bonchev–Trinajstić information content (AvgIpc) is 2.78. The Morgan fingerprint density at radius 3 is 2.60 bits per heavy atom. The smallest absolute Gasteiger partial charge is 0.253 e. The number of likely N-dealkylation sites (N-methyl/N-ethyl adjacent to an activating group) is 1. The zero-order valence-corrected chi connectivity index (χ0v) is 17.6. The van der Waals surface area contributed by atoms with E-state index in [1.165, 1.54) is 0 Å². The normalized spacial score (nSPS) is 14.5. The van der Waals surface area contributed by atoms with Crippen LogP contribution in [0.5, 0.6) is 0 Å². The van der Waals surface area contributed by atoms with E-state index in [9.17, 15) is 4.79 Å². The van der Waals surface area contributed by atoms with Crippen LogP contribution < -0.4 is 5.32 Å². The molecule has 1 amide bonds. The maximum atomic E-state index is 13.0. The third-order valence-electron chi connectivity index (χ3n) is 5.22. The zero-order chi connectivity index (χ0) is 20.9. The second-order valence-electron chi connectivity index (χ2n) is 7.41. The summed E-state index contributed by atoms with van der Waals surface area (Å²) in [7, 11) is 2.08. The van der Waals surface area contributed by atoms with Crippen molar-refractivity contribution in [2.75, 3.05) is 38.5 Å². The molecule has 0 aliphatic carbocycles. The number of carbonyl (C=O) groups is 1. The lowest BCUT2D eigenvalue weighted by Gasteiger charge is -2.32. The van der Waals surface area contributed by atoms with E-state index in [0.29, 0.717) is 28.6 Å². The fourth-order valence-corrected chi connectivity index (χ4v) is 3.72. The fourth-order valence-electron chi connectivity index (χ4n) is 3.50. The first-order valence-corrected chi connectivity index (χ1v) is 10.4. The Kier molecular flexibility index (Phi) is 6.26. The van der Waals surface area contributed by atoms with Gasteiger partial charge in [-0.3, -0.25) is 9.78 Å². The van der Waals surface area contributed by atoms with E-state index in [4.69, 9.17) is 11.6 Å². The number of amides is 1. The van der Waals surface area contributed by atoms with Crippen molar-refractivity contribution < 1.29 is 4.79 Å². The molecule has 1 fully saturated rings. The Morgan fingerprint density at radius 2 is 1.80 bits per heavy atom. The van der Waals surface area contributed by atoms with Gasteiger partial charge in [-0.1, -0.05) is 35.9 Å². The minimum Gasteiger partial charge on any atom is -0.364 e. The van der Waals surface area contributed by atoms with Crippen molar-refractivity contribution in [1.82, 2.24) is 19.8 Å². The van der Waals surface area contributed by atoms with Crippen LogP contribution in [0.4, 0.5) is 5.82 Å². The predicted octanol–water partition coefficient (Wildman–Crippen LogP) is 3.80. The topological polar surface area (TPSA) is 61.4 Å². The molecule has 1 aromatic heterocycles. The van der Waals surface area contributed by atoms with Crippen LogP contribution in [-0.4, -0.2) is 58.9 Å². The van der Waals surface area contributed by atoms with Gasteiger partial charge in [0, 0.05) is 61.3 Å². The minimum absolute atomic E-state index is 0.0577. The number of piperazine rings is 1. The molecule has 0 bridgehead atoms. The third kappa shape index (κ3) is 4.78. The van der Waals surface area contributed by atoms with E-state index >= 15 is 0 Å². The molecule has 0 radical (unpaired) electrons. The highest BCUT2D eigenvalue weighted by Crippen LogP contribution is 2.25. The van der Waals surface area contributed by atoms with E-state index in [-0.39, 0.29) is 5.91 Å². The first-order chi connectivity index (χ1) is 14.6. The molecule has 0 saturated carbocycles. The second-order valence-corrected chi connectivity index (χ2v) is 7.85. The van der Waals surface area contributed by atoms with Crippen LogP contribution in [0.3, 0.4) is 0 Å². The van der Waals surface area contributed by atoms with Crippen molar-refractivity contribution in [3.8, 4) is 11.3 Å². The summed E-state index contributed by atoms with van der Waals surface area (Å²) in [6.45, 7) is 3.86. The highest BCUT2D eigenvalue weighted by molar-refractivity contribution is 6.30. The molecule has 0 unspecified atom stereocenters. The van der Waals surface area contributed by atoms with Crippen LogP contribution >= 0.6 is 11.6 Å². The highest BCUT2D eigenvalue weighted by Gasteiger charge is 2.21. The van der Waals surface area contributed by atoms with Crippen molar-refractivity contribution >= 4 is 23.3 Å². The number of benzene rings is 2. The molecule has 6 nitrogen and oxygen atoms in total. The Morgan fingerprint density at radius 1 is 1.03 bits per heavy atom. The zero-order valence-electron chi connectivity index (χ0n) is 16.9. The molecule has 7 heteroatoms. The van der Waals surface area contributed by atoms with Crippen LogP contribution in [0, 0.1) is 0 Å². The molecule has 30 heavy (non-hydrogen) atoms. The number of hydrogen-bond acceptors (Lipinski definition) is 5. The van der Waals surface area contributed by atoms with Gasteiger partial charge in [0.05, 0.1) is 0 Å². The monoisotopic (exact) mass is 421 g/mol. The first kappa shape index (κ1) is 20.3. The van der Waals surface area contributed by atoms with Crippen molar-refractivity contribution in [3.05, 3.63) is 77.1 Å². The van der Waals surface area contributed by atoms with E-state index in [1.54, 1.807) is 12.4 Å². The summed E-state index contributed by atoms with van der Waals surface area (Å²) in [5.74, 6) is 0.726. The summed E-state index contributed by atoms with van der Waals surface area (Å²) < 4.78 is 0. The molecule has 1 aliphatic heterocycles. The van der Waals surface area contributed by atoms with Crippen molar-refractivity contribution in [2.45, 2.75) is 6.54 Å². The Labute approximate surface area is 181 Å². The van der Waals surface area contributed by atoms with Crippen LogP contribution in [0.2, 0.25) is 5.02 Å². The summed E-state index contributed by atoms with van der Waals surface area (Å²) in [6, 6.07) is 15.3. The van der Waals surface area contributed by atoms with Gasteiger partial charge in [-0.15, -0.1) is 0 Å². The van der Waals surface area contributed by atoms with Crippen molar-refractivity contribution in [3.63, 3.8) is 0 Å². The molecular weight excluding hydrogens is 398 g/mol. The molecule has 154 valence electrons. The quantitative estimate of drug-likeness (QED) is 0.679. The second kappa shape index (κ2) is 9.24. The predicted molar refractivity (Wildman–Crippen MR) is 120 cm³/mol. The summed E-state index contributed by atoms with van der Waals surface area (Å²) in [5, 5.41) is 4.04. The molecule has 1 aliphatic rings. The number of carbonyl (C=O) groups excluding carboxylic acids is 1. The van der Waals surface area contributed by atoms with Crippen LogP contribution in [0.25, 0.3) is 11.3 Å². The Balaban J connectivity index is 1.54. The van der Waals surface area contributed by atoms with Crippen LogP contribution in [0.1, 0.15) is 15.9 Å². The standard InChI is InChI=1S/C23H24ClN5O/c1-28-10-12-29(13-11-28)23(30)19-6-3-5-18(15-19)21-22(26-9-8-25-21)27-16-17-4-2-7-20(24)14-17/h2-9,14-15H,10-13,16H2,1H3,(H,26,27). The molecule has 3 aromatic rings. The van der Waals surface area contributed by atoms with E-state index < -0.39 is 0 Å². The SMILES string of the molecule is CN1CCN(C(=O)c2cccc(-c3nccnc3NCc3cccc(Cl)c3)c2)CC1. The van der Waals surface area contributed by atoms with Gasteiger partial charge in [-0.25, -0.2) is 4.98 Å². The van der Waals surface area contributed by atoms with E-state index in [0.717, 1.165) is 37.3 Å². The highest BCUT2D eigenvalue weighted by atomic mass is 35.5. The average molecular weight is 422 g/mol. The molecule has 0 atom stereocenters. The van der Waals surface area contributed by atoms with Gasteiger partial charge >= 0.3 is 0 Å². The molecular formula is C23H24ClN5O. The van der Waals surface area contributed by atoms with E-state index in [2.05, 4.69) is 27.2 Å². The van der Waals surface area contributed by atoms with Gasteiger partial charge in [-0.05, 0) is 36.9 Å². The molecule has 4 rings (SSSR count). The summed E-state index contributed by atoms with van der Waals surface area (Å²) >= 11 is 6.08. The van der Waals surface area contributed by atoms with Crippen LogP contribution in [-0.2, 0) is 6.54 Å². The maximum Gasteiger partial charge on any atom is 0.253 e. The van der Waals surface area contributed by atoms with Gasteiger partial charge in [-0.2, -0.15) is 0 Å². The minimum atomic E-state index is 0.0577. The largest absolute Gasteiger partial charge is 0.364 e. The maximum absolute atomic E-state index is 13.0. The lowest BCUT2D eigenvalue weighted by Crippen LogP contribution is -2.47. The third-order valence-corrected chi connectivity index (χ3v) is 5.46. The molecule has 1 N–H and O–H groups in total. The number of anilines is 1. The summed E-state index contributed by atoms with van der Waals surface area (Å²) in [5.41, 5.74) is 3.30. The Bertz CT molecular complexity index is 1030. The van der Waals surface area contributed by atoms with E-state index in [1.807, 2.05) is 53.4 Å². The van der Waals surface area contributed by atoms with Gasteiger partial charge < -0.3 is 15.1 Å². The van der Waals surface area contributed by atoms with Gasteiger partial charge in [0.15, 0.2) is 5.82 Å². The number of hydrogen-bond donors (Lipinski definition) is 1. The Hall–Kier alpha value is -2.96. The summed E-state index contributed by atoms with van der Waals surface area (Å²) in [6.07, 6.45) is 3.32. The number of rotatable bonds is 5. The number of aromatic nitrogens is 2. The lowest BCUT2D eigenvalue weighted by atomic mass is 10.1. The van der Waals surface area contributed by atoms with Crippen molar-refractivity contribution in [1.29, 1.82) is 0 Å². The molecule has 2 aromatic carbocycles. The fraction of sp³-hybridized carbons (Fsp3) is 0.261. The lowest BCUT2D eigenvalue weighted by molar-refractivity contribution is 0.0664. The first-order valence-electron chi connectivity index (χ1n) is 9.98.